The zero-order chi connectivity index (χ0) is 17.4. The molecule has 0 radical (unpaired) electrons. The second-order valence-electron chi connectivity index (χ2n) is 4.56. The predicted molar refractivity (Wildman–Crippen MR) is 79.4 cm³/mol. The average Bonchev–Trinajstić information content (AvgIpc) is 2.46. The minimum atomic E-state index is -1.17. The van der Waals surface area contributed by atoms with Crippen LogP contribution in [0.1, 0.15) is 30.6 Å². The fourth-order valence-corrected chi connectivity index (χ4v) is 1.69. The zero-order valence-corrected chi connectivity index (χ0v) is 12.8. The SMILES string of the molecule is CCOC(=O)C[C@H](NC(=O)c1ccc(OC(C)=O)cc1)C(N)=O. The number of carbonyl (C=O) groups excluding carboxylic acids is 4. The molecule has 2 amide bonds. The molecule has 8 heteroatoms. The molecule has 1 aromatic carbocycles. The van der Waals surface area contributed by atoms with Gasteiger partial charge in [0.2, 0.25) is 5.91 Å². The Morgan fingerprint density at radius 1 is 1.17 bits per heavy atom. The van der Waals surface area contributed by atoms with Crippen LogP contribution < -0.4 is 15.8 Å². The molecule has 0 aliphatic rings. The Labute approximate surface area is 132 Å². The normalized spacial score (nSPS) is 11.2. The van der Waals surface area contributed by atoms with Crippen molar-refractivity contribution < 1.29 is 28.7 Å². The van der Waals surface area contributed by atoms with E-state index in [1.165, 1.54) is 31.2 Å². The number of esters is 2. The van der Waals surface area contributed by atoms with Crippen molar-refractivity contribution in [2.75, 3.05) is 6.61 Å². The smallest absolute Gasteiger partial charge is 0.308 e. The number of benzene rings is 1. The number of hydrogen-bond acceptors (Lipinski definition) is 6. The highest BCUT2D eigenvalue weighted by Gasteiger charge is 2.22. The summed E-state index contributed by atoms with van der Waals surface area (Å²) in [7, 11) is 0. The maximum absolute atomic E-state index is 12.1. The van der Waals surface area contributed by atoms with Gasteiger partial charge in [-0.2, -0.15) is 0 Å². The van der Waals surface area contributed by atoms with E-state index in [0.717, 1.165) is 0 Å². The number of amides is 2. The van der Waals surface area contributed by atoms with Crippen LogP contribution >= 0.6 is 0 Å². The van der Waals surface area contributed by atoms with Gasteiger partial charge in [-0.15, -0.1) is 0 Å². The van der Waals surface area contributed by atoms with Crippen molar-refractivity contribution >= 4 is 23.8 Å². The van der Waals surface area contributed by atoms with Crippen molar-refractivity contribution in [1.29, 1.82) is 0 Å². The first kappa shape index (κ1) is 18.1. The second kappa shape index (κ2) is 8.52. The van der Waals surface area contributed by atoms with Crippen LogP contribution in [-0.4, -0.2) is 36.4 Å². The van der Waals surface area contributed by atoms with E-state index in [0.29, 0.717) is 0 Å². The van der Waals surface area contributed by atoms with Crippen LogP contribution in [0.4, 0.5) is 0 Å². The first-order valence-electron chi connectivity index (χ1n) is 6.87. The topological polar surface area (TPSA) is 125 Å². The molecule has 0 spiro atoms. The van der Waals surface area contributed by atoms with Crippen molar-refractivity contribution in [2.45, 2.75) is 26.3 Å². The number of hydrogen-bond donors (Lipinski definition) is 2. The third kappa shape index (κ3) is 6.16. The fourth-order valence-electron chi connectivity index (χ4n) is 1.69. The third-order valence-electron chi connectivity index (χ3n) is 2.70. The first-order chi connectivity index (χ1) is 10.8. The molecule has 0 aliphatic heterocycles. The summed E-state index contributed by atoms with van der Waals surface area (Å²) in [5, 5.41) is 2.36. The van der Waals surface area contributed by atoms with Gasteiger partial charge in [0.05, 0.1) is 13.0 Å². The molecule has 0 heterocycles. The lowest BCUT2D eigenvalue weighted by Gasteiger charge is -2.14. The fraction of sp³-hybridized carbons (Fsp3) is 0.333. The summed E-state index contributed by atoms with van der Waals surface area (Å²) in [5.41, 5.74) is 5.39. The van der Waals surface area contributed by atoms with Crippen LogP contribution in [0.25, 0.3) is 0 Å². The Morgan fingerprint density at radius 3 is 2.26 bits per heavy atom. The van der Waals surface area contributed by atoms with Crippen LogP contribution in [0.5, 0.6) is 5.75 Å². The molecule has 23 heavy (non-hydrogen) atoms. The monoisotopic (exact) mass is 322 g/mol. The maximum Gasteiger partial charge on any atom is 0.308 e. The van der Waals surface area contributed by atoms with E-state index < -0.39 is 29.8 Å². The highest BCUT2D eigenvalue weighted by Crippen LogP contribution is 2.12. The molecule has 8 nitrogen and oxygen atoms in total. The van der Waals surface area contributed by atoms with Gasteiger partial charge in [0.1, 0.15) is 11.8 Å². The standard InChI is InChI=1S/C15H18N2O6/c1-3-22-13(19)8-12(14(16)20)17-15(21)10-4-6-11(7-5-10)23-9(2)18/h4-7,12H,3,8H2,1-2H3,(H2,16,20)(H,17,21)/t12-/m0/s1. The van der Waals surface area contributed by atoms with Crippen molar-refractivity contribution in [3.63, 3.8) is 0 Å². The van der Waals surface area contributed by atoms with Crippen molar-refractivity contribution in [1.82, 2.24) is 5.32 Å². The summed E-state index contributed by atoms with van der Waals surface area (Å²) in [6, 6.07) is 4.52. The Kier molecular flexibility index (Phi) is 6.72. The minimum absolute atomic E-state index is 0.163. The highest BCUT2D eigenvalue weighted by molar-refractivity contribution is 5.98. The number of primary amides is 1. The number of nitrogens with two attached hydrogens (primary N) is 1. The highest BCUT2D eigenvalue weighted by atomic mass is 16.5. The lowest BCUT2D eigenvalue weighted by Crippen LogP contribution is -2.45. The van der Waals surface area contributed by atoms with Crippen molar-refractivity contribution in [3.8, 4) is 5.75 Å². The molecule has 0 saturated heterocycles. The number of carbonyl (C=O) groups is 4. The first-order valence-corrected chi connectivity index (χ1v) is 6.87. The van der Waals surface area contributed by atoms with Gasteiger partial charge in [-0.25, -0.2) is 0 Å². The number of rotatable bonds is 7. The van der Waals surface area contributed by atoms with E-state index in [1.54, 1.807) is 6.92 Å². The molecule has 0 aromatic heterocycles. The molecule has 0 fully saturated rings. The summed E-state index contributed by atoms with van der Waals surface area (Å²) in [6.07, 6.45) is -0.347. The third-order valence-corrected chi connectivity index (χ3v) is 2.70. The molecular weight excluding hydrogens is 304 g/mol. The Hall–Kier alpha value is -2.90. The summed E-state index contributed by atoms with van der Waals surface area (Å²) in [4.78, 5) is 45.6. The van der Waals surface area contributed by atoms with Gasteiger partial charge in [0, 0.05) is 12.5 Å². The van der Waals surface area contributed by atoms with Crippen LogP contribution in [0, 0.1) is 0 Å². The summed E-state index contributed by atoms with van der Waals surface area (Å²) in [6.45, 7) is 3.05. The Bertz CT molecular complexity index is 596. The average molecular weight is 322 g/mol. The molecule has 3 N–H and O–H groups in total. The van der Waals surface area contributed by atoms with E-state index in [4.69, 9.17) is 15.2 Å². The molecule has 0 aliphatic carbocycles. The molecule has 0 unspecified atom stereocenters. The van der Waals surface area contributed by atoms with Crippen LogP contribution in [-0.2, 0) is 19.1 Å². The molecule has 0 saturated carbocycles. The number of nitrogens with one attached hydrogen (secondary N) is 1. The van der Waals surface area contributed by atoms with Crippen LogP contribution in [0.3, 0.4) is 0 Å². The predicted octanol–water partition coefficient (Wildman–Crippen LogP) is 0.149. The summed E-state index contributed by atoms with van der Waals surface area (Å²) >= 11 is 0. The van der Waals surface area contributed by atoms with Crippen LogP contribution in [0.2, 0.25) is 0 Å². The van der Waals surface area contributed by atoms with Gasteiger partial charge in [-0.3, -0.25) is 19.2 Å². The van der Waals surface area contributed by atoms with Gasteiger partial charge < -0.3 is 20.5 Å². The largest absolute Gasteiger partial charge is 0.466 e. The maximum atomic E-state index is 12.1. The van der Waals surface area contributed by atoms with Crippen molar-refractivity contribution in [2.24, 2.45) is 5.73 Å². The molecule has 1 aromatic rings. The second-order valence-corrected chi connectivity index (χ2v) is 4.56. The summed E-state index contributed by atoms with van der Waals surface area (Å²) < 4.78 is 9.56. The van der Waals surface area contributed by atoms with Gasteiger partial charge in [-0.05, 0) is 31.2 Å². The van der Waals surface area contributed by atoms with Gasteiger partial charge >= 0.3 is 11.9 Å². The van der Waals surface area contributed by atoms with E-state index >= 15 is 0 Å². The number of ether oxygens (including phenoxy) is 2. The molecule has 1 rings (SSSR count). The van der Waals surface area contributed by atoms with Gasteiger partial charge in [0.15, 0.2) is 0 Å². The molecule has 1 atom stereocenters. The van der Waals surface area contributed by atoms with E-state index in [-0.39, 0.29) is 24.3 Å². The Balaban J connectivity index is 2.73. The lowest BCUT2D eigenvalue weighted by atomic mass is 10.1. The van der Waals surface area contributed by atoms with Gasteiger partial charge in [0.25, 0.3) is 5.91 Å². The van der Waals surface area contributed by atoms with E-state index in [9.17, 15) is 19.2 Å². The lowest BCUT2D eigenvalue weighted by molar-refractivity contribution is -0.145. The molecule has 0 bridgehead atoms. The minimum Gasteiger partial charge on any atom is -0.466 e. The zero-order valence-electron chi connectivity index (χ0n) is 12.8. The van der Waals surface area contributed by atoms with Crippen molar-refractivity contribution in [3.05, 3.63) is 29.8 Å². The molecular formula is C15H18N2O6. The molecule has 124 valence electrons. The van der Waals surface area contributed by atoms with E-state index in [1.807, 2.05) is 0 Å². The Morgan fingerprint density at radius 2 is 1.78 bits per heavy atom. The van der Waals surface area contributed by atoms with Gasteiger partial charge in [-0.1, -0.05) is 0 Å². The van der Waals surface area contributed by atoms with Crippen LogP contribution in [0.15, 0.2) is 24.3 Å². The van der Waals surface area contributed by atoms with E-state index in [2.05, 4.69) is 5.32 Å². The quantitative estimate of drug-likeness (QED) is 0.544. The summed E-state index contributed by atoms with van der Waals surface area (Å²) in [5.74, 6) is -2.27.